The van der Waals surface area contributed by atoms with Gasteiger partial charge >= 0.3 is 0 Å². The van der Waals surface area contributed by atoms with Crippen LogP contribution >= 0.6 is 0 Å². The molecule has 1 N–H and O–H groups in total. The van der Waals surface area contributed by atoms with Crippen molar-refractivity contribution in [2.45, 2.75) is 89.7 Å². The summed E-state index contributed by atoms with van der Waals surface area (Å²) in [7, 11) is 0. The fraction of sp³-hybridized carbons (Fsp3) is 1.00. The van der Waals surface area contributed by atoms with E-state index in [0.29, 0.717) is 6.61 Å². The van der Waals surface area contributed by atoms with Crippen molar-refractivity contribution in [2.24, 2.45) is 0 Å². The Hall–Kier alpha value is -0.200. The molecule has 0 aromatic carbocycles. The minimum absolute atomic E-state index is 0.351. The van der Waals surface area contributed by atoms with Gasteiger partial charge in [0.25, 0.3) is 0 Å². The van der Waals surface area contributed by atoms with Crippen molar-refractivity contribution in [2.75, 3.05) is 13.2 Å². The highest BCUT2D eigenvalue weighted by molar-refractivity contribution is 4.92. The van der Waals surface area contributed by atoms with E-state index in [9.17, 15) is 5.11 Å². The molecular weight excluding hydrogens is 272 g/mol. The maximum atomic E-state index is 10.2. The van der Waals surface area contributed by atoms with Crippen molar-refractivity contribution in [1.29, 1.82) is 0 Å². The molecule has 2 saturated heterocycles. The smallest absolute Gasteiger partial charge is 0.190 e. The quantitative estimate of drug-likeness (QED) is 0.663. The first-order valence-electron chi connectivity index (χ1n) is 8.30. The lowest BCUT2D eigenvalue weighted by atomic mass is 10.1. The number of hydrogen-bond acceptors (Lipinski definition) is 5. The van der Waals surface area contributed by atoms with Crippen molar-refractivity contribution in [3.8, 4) is 0 Å². The monoisotopic (exact) mass is 302 g/mol. The molecule has 5 nitrogen and oxygen atoms in total. The molecule has 2 aliphatic rings. The molecule has 0 aromatic heterocycles. The number of rotatable bonds is 9. The summed E-state index contributed by atoms with van der Waals surface area (Å²) in [4.78, 5) is 0. The molecule has 124 valence electrons. The molecule has 0 spiro atoms. The maximum Gasteiger partial charge on any atom is 0.190 e. The second-order valence-electron chi connectivity index (χ2n) is 6.48. The van der Waals surface area contributed by atoms with E-state index in [1.807, 2.05) is 13.8 Å². The third-order valence-corrected chi connectivity index (χ3v) is 4.04. The van der Waals surface area contributed by atoms with Crippen LogP contribution < -0.4 is 0 Å². The van der Waals surface area contributed by atoms with Crippen LogP contribution in [0.15, 0.2) is 0 Å². The van der Waals surface area contributed by atoms with Crippen LogP contribution in [0, 0.1) is 0 Å². The van der Waals surface area contributed by atoms with E-state index in [1.165, 1.54) is 32.1 Å². The Labute approximate surface area is 127 Å². The second kappa shape index (κ2) is 7.88. The Bertz CT molecular complexity index is 307. The highest BCUT2D eigenvalue weighted by atomic mass is 16.8. The lowest BCUT2D eigenvalue weighted by molar-refractivity contribution is -0.220. The second-order valence-corrected chi connectivity index (χ2v) is 6.48. The molecule has 5 heteroatoms. The Morgan fingerprint density at radius 3 is 2.48 bits per heavy atom. The molecule has 21 heavy (non-hydrogen) atoms. The van der Waals surface area contributed by atoms with Crippen LogP contribution in [0.4, 0.5) is 0 Å². The third-order valence-electron chi connectivity index (χ3n) is 4.04. The third kappa shape index (κ3) is 4.89. The summed E-state index contributed by atoms with van der Waals surface area (Å²) in [5.74, 6) is -0.680. The average molecular weight is 302 g/mol. The molecule has 2 rings (SSSR count). The van der Waals surface area contributed by atoms with E-state index in [2.05, 4.69) is 6.92 Å². The van der Waals surface area contributed by atoms with E-state index in [1.54, 1.807) is 0 Å². The minimum Gasteiger partial charge on any atom is -0.387 e. The van der Waals surface area contributed by atoms with Gasteiger partial charge in [0, 0.05) is 6.61 Å². The van der Waals surface area contributed by atoms with Crippen LogP contribution in [-0.2, 0) is 18.9 Å². The van der Waals surface area contributed by atoms with Gasteiger partial charge in [0.1, 0.15) is 18.3 Å². The van der Waals surface area contributed by atoms with Crippen molar-refractivity contribution >= 4 is 0 Å². The Morgan fingerprint density at radius 2 is 1.76 bits per heavy atom. The van der Waals surface area contributed by atoms with E-state index in [0.717, 1.165) is 13.0 Å². The summed E-state index contributed by atoms with van der Waals surface area (Å²) in [6, 6.07) is 0. The summed E-state index contributed by atoms with van der Waals surface area (Å²) >= 11 is 0. The molecule has 0 saturated carbocycles. The number of unbranched alkanes of at least 4 members (excludes halogenated alkanes) is 5. The molecular formula is C16H30O5. The molecule has 0 aromatic rings. The van der Waals surface area contributed by atoms with Gasteiger partial charge in [-0.1, -0.05) is 39.0 Å². The largest absolute Gasteiger partial charge is 0.387 e. The van der Waals surface area contributed by atoms with Crippen molar-refractivity contribution < 1.29 is 24.1 Å². The highest BCUT2D eigenvalue weighted by Gasteiger charge is 2.54. The topological polar surface area (TPSA) is 57.2 Å². The number of aliphatic hydroxyl groups excluding tert-OH is 1. The lowest BCUT2D eigenvalue weighted by Gasteiger charge is -2.22. The summed E-state index contributed by atoms with van der Waals surface area (Å²) in [5.41, 5.74) is 0. The molecule has 0 aliphatic carbocycles. The van der Waals surface area contributed by atoms with E-state index in [4.69, 9.17) is 18.9 Å². The average Bonchev–Trinajstić information content (AvgIpc) is 2.87. The van der Waals surface area contributed by atoms with Crippen molar-refractivity contribution in [1.82, 2.24) is 0 Å². The number of fused-ring (bicyclic) bond motifs is 1. The van der Waals surface area contributed by atoms with E-state index < -0.39 is 24.3 Å². The molecule has 2 fully saturated rings. The molecule has 0 radical (unpaired) electrons. The first kappa shape index (κ1) is 17.2. The first-order chi connectivity index (χ1) is 10.0. The zero-order chi connectivity index (χ0) is 15.3. The predicted molar refractivity (Wildman–Crippen MR) is 78.9 cm³/mol. The van der Waals surface area contributed by atoms with Crippen LogP contribution in [-0.4, -0.2) is 48.7 Å². The number of hydrogen-bond donors (Lipinski definition) is 1. The van der Waals surface area contributed by atoms with Crippen LogP contribution in [0.3, 0.4) is 0 Å². The van der Waals surface area contributed by atoms with Gasteiger partial charge < -0.3 is 24.1 Å². The fourth-order valence-electron chi connectivity index (χ4n) is 2.88. The van der Waals surface area contributed by atoms with Gasteiger partial charge in [-0.25, -0.2) is 0 Å². The molecule has 0 unspecified atom stereocenters. The van der Waals surface area contributed by atoms with Gasteiger partial charge in [-0.15, -0.1) is 0 Å². The number of ether oxygens (including phenoxy) is 4. The summed E-state index contributed by atoms with van der Waals surface area (Å²) in [5, 5.41) is 10.2. The normalized spacial score (nSPS) is 34.3. The summed E-state index contributed by atoms with van der Waals surface area (Å²) in [6.45, 7) is 6.99. The van der Waals surface area contributed by atoms with Gasteiger partial charge in [0.2, 0.25) is 0 Å². The zero-order valence-corrected chi connectivity index (χ0v) is 13.5. The van der Waals surface area contributed by atoms with Crippen LogP contribution in [0.5, 0.6) is 0 Å². The van der Waals surface area contributed by atoms with Crippen LogP contribution in [0.25, 0.3) is 0 Å². The molecule has 0 bridgehead atoms. The van der Waals surface area contributed by atoms with Gasteiger partial charge in [0.15, 0.2) is 12.1 Å². The van der Waals surface area contributed by atoms with Crippen molar-refractivity contribution in [3.63, 3.8) is 0 Å². The van der Waals surface area contributed by atoms with Gasteiger partial charge in [-0.05, 0) is 20.3 Å². The van der Waals surface area contributed by atoms with Gasteiger partial charge in [0.05, 0.1) is 6.61 Å². The molecule has 0 amide bonds. The first-order valence-corrected chi connectivity index (χ1v) is 8.30. The number of aliphatic hydroxyl groups is 1. The molecule has 2 heterocycles. The fourth-order valence-corrected chi connectivity index (χ4v) is 2.88. The summed E-state index contributed by atoms with van der Waals surface area (Å²) < 4.78 is 22.5. The standard InChI is InChI=1S/C16H30O5/c1-4-5-6-7-8-9-10-18-11-12-13(17)14-15(19-12)21-16(2,3)20-14/h12-15,17H,4-11H2,1-3H3/t12-,13+,14-,15-/m1/s1. The highest BCUT2D eigenvalue weighted by Crippen LogP contribution is 2.37. The lowest BCUT2D eigenvalue weighted by Crippen LogP contribution is -2.36. The van der Waals surface area contributed by atoms with Crippen LogP contribution in [0.1, 0.15) is 59.3 Å². The predicted octanol–water partition coefficient (Wildman–Crippen LogP) is 2.60. The van der Waals surface area contributed by atoms with Crippen LogP contribution in [0.2, 0.25) is 0 Å². The Kier molecular flexibility index (Phi) is 6.44. The zero-order valence-electron chi connectivity index (χ0n) is 13.5. The SMILES string of the molecule is CCCCCCCCOC[C@H]1O[C@@H]2OC(C)(C)O[C@@H]2[C@H]1O. The van der Waals surface area contributed by atoms with Gasteiger partial charge in [-0.2, -0.15) is 0 Å². The van der Waals surface area contributed by atoms with E-state index in [-0.39, 0.29) is 6.10 Å². The Morgan fingerprint density at radius 1 is 1.05 bits per heavy atom. The van der Waals surface area contributed by atoms with E-state index >= 15 is 0 Å². The van der Waals surface area contributed by atoms with Crippen molar-refractivity contribution in [3.05, 3.63) is 0 Å². The molecule has 2 aliphatic heterocycles. The minimum atomic E-state index is -0.680. The Balaban J connectivity index is 1.55. The molecule has 4 atom stereocenters. The van der Waals surface area contributed by atoms with Gasteiger partial charge in [-0.3, -0.25) is 0 Å². The maximum absolute atomic E-state index is 10.2. The summed E-state index contributed by atoms with van der Waals surface area (Å²) in [6.07, 6.45) is 5.56.